The fourth-order valence-corrected chi connectivity index (χ4v) is 4.31. The molecule has 2 aromatic carbocycles. The van der Waals surface area contributed by atoms with E-state index in [1.807, 2.05) is 48.5 Å². The number of ether oxygens (including phenoxy) is 2. The van der Waals surface area contributed by atoms with Crippen molar-refractivity contribution in [1.82, 2.24) is 14.9 Å². The topological polar surface area (TPSA) is 99.5 Å². The summed E-state index contributed by atoms with van der Waals surface area (Å²) in [6, 6.07) is 15.0. The lowest BCUT2D eigenvalue weighted by Gasteiger charge is -2.19. The van der Waals surface area contributed by atoms with Crippen molar-refractivity contribution >= 4 is 22.9 Å². The van der Waals surface area contributed by atoms with Crippen LogP contribution in [0.15, 0.2) is 53.3 Å². The third-order valence-corrected chi connectivity index (χ3v) is 6.47. The van der Waals surface area contributed by atoms with E-state index in [2.05, 4.69) is 17.2 Å². The molecule has 1 atom stereocenters. The Labute approximate surface area is 210 Å². The van der Waals surface area contributed by atoms with Gasteiger partial charge in [-0.05, 0) is 55.0 Å². The van der Waals surface area contributed by atoms with Crippen molar-refractivity contribution in [2.24, 2.45) is 5.92 Å². The van der Waals surface area contributed by atoms with E-state index in [1.165, 1.54) is 0 Å². The quantitative estimate of drug-likeness (QED) is 0.385. The molecule has 4 rings (SSSR count). The molecule has 1 amide bonds. The number of unbranched alkanes of at least 4 members (excludes halogenated alkanes) is 1. The number of hydrogen-bond acceptors (Lipinski definition) is 6. The molecule has 190 valence electrons. The Bertz CT molecular complexity index is 1260. The van der Waals surface area contributed by atoms with E-state index in [-0.39, 0.29) is 37.0 Å². The van der Waals surface area contributed by atoms with Crippen molar-refractivity contribution in [3.8, 4) is 5.75 Å². The van der Waals surface area contributed by atoms with Crippen LogP contribution >= 0.6 is 0 Å². The van der Waals surface area contributed by atoms with Gasteiger partial charge in [-0.25, -0.2) is 4.98 Å². The maximum atomic E-state index is 13.0. The molecule has 1 aromatic heterocycles. The van der Waals surface area contributed by atoms with E-state index in [0.717, 1.165) is 48.0 Å². The van der Waals surface area contributed by atoms with E-state index in [9.17, 15) is 14.4 Å². The third-order valence-electron chi connectivity index (χ3n) is 6.47. The van der Waals surface area contributed by atoms with Crippen molar-refractivity contribution in [1.29, 1.82) is 0 Å². The molecule has 0 spiro atoms. The van der Waals surface area contributed by atoms with Gasteiger partial charge in [-0.2, -0.15) is 0 Å². The number of para-hydroxylation sites is 2. The van der Waals surface area contributed by atoms with Crippen LogP contribution in [0.5, 0.6) is 5.75 Å². The number of nitrogens with one attached hydrogen (secondary N) is 1. The van der Waals surface area contributed by atoms with Crippen LogP contribution in [0.4, 0.5) is 0 Å². The predicted molar refractivity (Wildman–Crippen MR) is 137 cm³/mol. The summed E-state index contributed by atoms with van der Waals surface area (Å²) in [6.07, 6.45) is 4.07. The van der Waals surface area contributed by atoms with Gasteiger partial charge in [0.25, 0.3) is 11.5 Å². The number of aromatic nitrogens is 2. The zero-order valence-electron chi connectivity index (χ0n) is 20.9. The van der Waals surface area contributed by atoms with E-state index in [4.69, 9.17) is 9.47 Å². The molecule has 8 heteroatoms. The number of fused-ring (bicyclic) bond motifs is 1. The number of carbonyl (C=O) groups excluding carboxylic acids is 2. The van der Waals surface area contributed by atoms with Crippen molar-refractivity contribution < 1.29 is 19.1 Å². The number of esters is 1. The smallest absolute Gasteiger partial charge is 0.306 e. The molecular weight excluding hydrogens is 458 g/mol. The van der Waals surface area contributed by atoms with Gasteiger partial charge in [0.05, 0.1) is 30.6 Å². The summed E-state index contributed by atoms with van der Waals surface area (Å²) >= 11 is 0. The zero-order chi connectivity index (χ0) is 25.5. The molecule has 1 N–H and O–H groups in total. The predicted octanol–water partition coefficient (Wildman–Crippen LogP) is 3.95. The summed E-state index contributed by atoms with van der Waals surface area (Å²) < 4.78 is 12.2. The molecule has 0 saturated heterocycles. The highest BCUT2D eigenvalue weighted by Gasteiger charge is 2.33. The molecule has 3 aromatic rings. The van der Waals surface area contributed by atoms with Gasteiger partial charge < -0.3 is 19.4 Å². The lowest BCUT2D eigenvalue weighted by Crippen LogP contribution is -2.33. The largest absolute Gasteiger partial charge is 0.497 e. The minimum absolute atomic E-state index is 0.0217. The number of carbonyl (C=O) groups is 2. The monoisotopic (exact) mass is 491 g/mol. The van der Waals surface area contributed by atoms with Crippen molar-refractivity contribution in [3.63, 3.8) is 0 Å². The van der Waals surface area contributed by atoms with Crippen molar-refractivity contribution in [3.05, 3.63) is 70.1 Å². The van der Waals surface area contributed by atoms with Crippen LogP contribution in [0.3, 0.4) is 0 Å². The van der Waals surface area contributed by atoms with Crippen LogP contribution in [-0.2, 0) is 27.3 Å². The van der Waals surface area contributed by atoms with Crippen LogP contribution in [-0.4, -0.2) is 35.1 Å². The second-order valence-electron chi connectivity index (χ2n) is 9.17. The van der Waals surface area contributed by atoms with Crippen LogP contribution in [0.1, 0.15) is 56.3 Å². The van der Waals surface area contributed by atoms with Gasteiger partial charge >= 0.3 is 5.97 Å². The molecule has 1 saturated carbocycles. The summed E-state index contributed by atoms with van der Waals surface area (Å²) in [7, 11) is 1.61. The van der Waals surface area contributed by atoms with E-state index in [1.54, 1.807) is 11.7 Å². The summed E-state index contributed by atoms with van der Waals surface area (Å²) in [5, 5.41) is 3.00. The summed E-state index contributed by atoms with van der Waals surface area (Å²) in [5.41, 5.74) is 2.67. The summed E-state index contributed by atoms with van der Waals surface area (Å²) in [4.78, 5) is 42.4. The van der Waals surface area contributed by atoms with E-state index in [0.29, 0.717) is 18.2 Å². The molecule has 1 aliphatic rings. The second-order valence-corrected chi connectivity index (χ2v) is 9.17. The van der Waals surface area contributed by atoms with Crippen molar-refractivity contribution in [2.75, 3.05) is 13.7 Å². The zero-order valence-corrected chi connectivity index (χ0v) is 20.9. The molecule has 1 aliphatic carbocycles. The highest BCUT2D eigenvalue weighted by Crippen LogP contribution is 2.41. The lowest BCUT2D eigenvalue weighted by atomic mass is 10.0. The average molecular weight is 492 g/mol. The number of methoxy groups -OCH3 is 1. The number of aryl methyl sites for hydroxylation is 2. The molecule has 8 nitrogen and oxygen atoms in total. The first-order valence-corrected chi connectivity index (χ1v) is 12.6. The number of benzene rings is 2. The first-order chi connectivity index (χ1) is 17.5. The van der Waals surface area contributed by atoms with E-state index < -0.39 is 5.97 Å². The van der Waals surface area contributed by atoms with Crippen molar-refractivity contribution in [2.45, 2.75) is 58.0 Å². The van der Waals surface area contributed by atoms with Gasteiger partial charge in [-0.3, -0.25) is 14.4 Å². The Hall–Kier alpha value is -3.68. The Balaban J connectivity index is 1.33. The van der Waals surface area contributed by atoms with Crippen LogP contribution < -0.4 is 15.6 Å². The number of amides is 1. The number of nitrogens with zero attached hydrogens (tertiary/aromatic N) is 2. The number of hydrogen-bond donors (Lipinski definition) is 1. The van der Waals surface area contributed by atoms with Crippen LogP contribution in [0.25, 0.3) is 11.0 Å². The van der Waals surface area contributed by atoms with Gasteiger partial charge in [0.2, 0.25) is 0 Å². The lowest BCUT2D eigenvalue weighted by molar-refractivity contribution is -0.148. The van der Waals surface area contributed by atoms with Gasteiger partial charge in [0, 0.05) is 13.0 Å². The fraction of sp³-hybridized carbons (Fsp3) is 0.429. The Morgan fingerprint density at radius 1 is 1.14 bits per heavy atom. The maximum absolute atomic E-state index is 13.0. The summed E-state index contributed by atoms with van der Waals surface area (Å²) in [6.45, 7) is 2.32. The van der Waals surface area contributed by atoms with E-state index >= 15 is 0 Å². The molecule has 1 heterocycles. The Morgan fingerprint density at radius 3 is 2.58 bits per heavy atom. The Morgan fingerprint density at radius 2 is 1.89 bits per heavy atom. The molecule has 1 fully saturated rings. The summed E-state index contributed by atoms with van der Waals surface area (Å²) in [5.74, 6) is 0.257. The maximum Gasteiger partial charge on any atom is 0.306 e. The molecule has 36 heavy (non-hydrogen) atoms. The van der Waals surface area contributed by atoms with Gasteiger partial charge in [0.15, 0.2) is 6.61 Å². The standard InChI is InChI=1S/C28H33N3O5/c1-3-4-17-31-24-8-6-5-7-22(24)29-23(28(31)34)15-16-26(33)36-18-25(32)30-27(19-9-10-19)20-11-13-21(35-2)14-12-20/h5-8,11-14,19,27H,3-4,9-10,15-18H2,1-2H3,(H,30,32). The third kappa shape index (κ3) is 6.30. The molecule has 0 bridgehead atoms. The molecule has 1 unspecified atom stereocenters. The first kappa shape index (κ1) is 25.4. The van der Waals surface area contributed by atoms with Crippen LogP contribution in [0.2, 0.25) is 0 Å². The average Bonchev–Trinajstić information content (AvgIpc) is 3.74. The SMILES string of the molecule is CCCCn1c(=O)c(CCC(=O)OCC(=O)NC(c2ccc(OC)cc2)C2CC2)nc2ccccc21. The fourth-order valence-electron chi connectivity index (χ4n) is 4.31. The molecule has 0 aliphatic heterocycles. The normalized spacial score (nSPS) is 13.8. The van der Waals surface area contributed by atoms with Gasteiger partial charge in [0.1, 0.15) is 11.4 Å². The van der Waals surface area contributed by atoms with Gasteiger partial charge in [-0.1, -0.05) is 37.6 Å². The first-order valence-electron chi connectivity index (χ1n) is 12.6. The van der Waals surface area contributed by atoms with Crippen LogP contribution in [0, 0.1) is 5.92 Å². The highest BCUT2D eigenvalue weighted by atomic mass is 16.5. The molecular formula is C28H33N3O5. The minimum atomic E-state index is -0.535. The second kappa shape index (κ2) is 11.8. The van der Waals surface area contributed by atoms with Gasteiger partial charge in [-0.15, -0.1) is 0 Å². The minimum Gasteiger partial charge on any atom is -0.497 e. The Kier molecular flexibility index (Phi) is 8.36. The highest BCUT2D eigenvalue weighted by molar-refractivity contribution is 5.81. The molecule has 0 radical (unpaired) electrons. The number of rotatable bonds is 12.